The van der Waals surface area contributed by atoms with E-state index in [1.165, 1.54) is 0 Å². The van der Waals surface area contributed by atoms with E-state index in [1.807, 2.05) is 0 Å². The number of carbonyl (C=O) groups is 2. The van der Waals surface area contributed by atoms with E-state index in [0.717, 1.165) is 6.26 Å². The minimum Gasteiger partial charge on any atom is -0.478 e. The zero-order valence-corrected chi connectivity index (χ0v) is 5.87. The van der Waals surface area contributed by atoms with E-state index in [-0.39, 0.29) is 12.0 Å². The first kappa shape index (κ1) is 9.42. The molecular formula is C7H8O4. The fourth-order valence-electron chi connectivity index (χ4n) is 0.384. The van der Waals surface area contributed by atoms with Crippen LogP contribution in [0.25, 0.3) is 0 Å². The zero-order valence-electron chi connectivity index (χ0n) is 5.87. The van der Waals surface area contributed by atoms with E-state index in [0.29, 0.717) is 0 Å². The average molecular weight is 156 g/mol. The first-order valence-electron chi connectivity index (χ1n) is 2.79. The van der Waals surface area contributed by atoms with Gasteiger partial charge in [-0.25, -0.2) is 4.79 Å². The molecule has 0 spiro atoms. The Kier molecular flexibility index (Phi) is 3.66. The third-order valence-corrected chi connectivity index (χ3v) is 0.875. The Morgan fingerprint density at radius 2 is 2.09 bits per heavy atom. The van der Waals surface area contributed by atoms with Gasteiger partial charge < -0.3 is 9.84 Å². The Morgan fingerprint density at radius 3 is 2.45 bits per heavy atom. The second kappa shape index (κ2) is 4.27. The molecule has 0 amide bonds. The van der Waals surface area contributed by atoms with Crippen molar-refractivity contribution in [2.24, 2.45) is 0 Å². The van der Waals surface area contributed by atoms with Gasteiger partial charge in [0.05, 0.1) is 12.7 Å². The van der Waals surface area contributed by atoms with Gasteiger partial charge in [0.2, 0.25) is 0 Å². The molecule has 0 bridgehead atoms. The smallest absolute Gasteiger partial charge is 0.331 e. The summed E-state index contributed by atoms with van der Waals surface area (Å²) in [4.78, 5) is 20.6. The molecule has 0 aromatic rings. The van der Waals surface area contributed by atoms with Gasteiger partial charge in [-0.3, -0.25) is 4.79 Å². The number of rotatable bonds is 4. The predicted octanol–water partition coefficient (Wildman–Crippen LogP) is 0.704. The Bertz CT molecular complexity index is 204. The van der Waals surface area contributed by atoms with Crippen LogP contribution in [0.15, 0.2) is 25.0 Å². The van der Waals surface area contributed by atoms with Gasteiger partial charge in [0, 0.05) is 5.57 Å². The quantitative estimate of drug-likeness (QED) is 0.369. The van der Waals surface area contributed by atoms with Gasteiger partial charge in [0.25, 0.3) is 0 Å². The predicted molar refractivity (Wildman–Crippen MR) is 37.7 cm³/mol. The van der Waals surface area contributed by atoms with E-state index < -0.39 is 11.9 Å². The van der Waals surface area contributed by atoms with Crippen molar-refractivity contribution in [2.75, 3.05) is 0 Å². The van der Waals surface area contributed by atoms with Gasteiger partial charge >= 0.3 is 11.9 Å². The van der Waals surface area contributed by atoms with Gasteiger partial charge in [-0.15, -0.1) is 0 Å². The van der Waals surface area contributed by atoms with Crippen LogP contribution in [0, 0.1) is 0 Å². The Labute approximate surface area is 63.8 Å². The SMILES string of the molecule is C=COC(=O)CC(=C)C(=O)O. The number of hydrogen-bond acceptors (Lipinski definition) is 3. The highest BCUT2D eigenvalue weighted by molar-refractivity contribution is 5.91. The summed E-state index contributed by atoms with van der Waals surface area (Å²) in [6.07, 6.45) is 0.624. The van der Waals surface area contributed by atoms with Gasteiger partial charge in [-0.2, -0.15) is 0 Å². The molecule has 0 aliphatic rings. The minimum absolute atomic E-state index is 0.197. The largest absolute Gasteiger partial charge is 0.478 e. The molecule has 4 heteroatoms. The van der Waals surface area contributed by atoms with E-state index in [4.69, 9.17) is 5.11 Å². The third kappa shape index (κ3) is 3.91. The zero-order chi connectivity index (χ0) is 8.85. The minimum atomic E-state index is -1.20. The van der Waals surface area contributed by atoms with Crippen molar-refractivity contribution < 1.29 is 19.4 Å². The molecule has 0 aliphatic heterocycles. The molecule has 0 aromatic carbocycles. The molecule has 4 nitrogen and oxygen atoms in total. The van der Waals surface area contributed by atoms with Crippen molar-refractivity contribution in [3.8, 4) is 0 Å². The second-order valence-electron chi connectivity index (χ2n) is 1.74. The molecule has 0 heterocycles. The molecule has 0 fully saturated rings. The van der Waals surface area contributed by atoms with Crippen molar-refractivity contribution in [2.45, 2.75) is 6.42 Å². The Morgan fingerprint density at radius 1 is 1.55 bits per heavy atom. The van der Waals surface area contributed by atoms with Crippen LogP contribution in [-0.4, -0.2) is 17.0 Å². The molecule has 0 rings (SSSR count). The van der Waals surface area contributed by atoms with Crippen LogP contribution in [0.4, 0.5) is 0 Å². The van der Waals surface area contributed by atoms with Crippen LogP contribution in [0.1, 0.15) is 6.42 Å². The van der Waals surface area contributed by atoms with Gasteiger partial charge in [-0.1, -0.05) is 13.2 Å². The van der Waals surface area contributed by atoms with Gasteiger partial charge in [0.1, 0.15) is 0 Å². The maximum Gasteiger partial charge on any atom is 0.331 e. The van der Waals surface area contributed by atoms with Crippen LogP contribution >= 0.6 is 0 Å². The lowest BCUT2D eigenvalue weighted by Crippen LogP contribution is -2.06. The van der Waals surface area contributed by atoms with Crippen molar-refractivity contribution in [3.63, 3.8) is 0 Å². The first-order valence-corrected chi connectivity index (χ1v) is 2.79. The van der Waals surface area contributed by atoms with E-state index >= 15 is 0 Å². The van der Waals surface area contributed by atoms with Crippen molar-refractivity contribution in [1.29, 1.82) is 0 Å². The average Bonchev–Trinajstić information content (AvgIpc) is 1.87. The Hall–Kier alpha value is -1.58. The lowest BCUT2D eigenvalue weighted by atomic mass is 10.2. The van der Waals surface area contributed by atoms with Crippen molar-refractivity contribution in [3.05, 3.63) is 25.0 Å². The first-order chi connectivity index (χ1) is 5.07. The van der Waals surface area contributed by atoms with Crippen LogP contribution in [0.2, 0.25) is 0 Å². The van der Waals surface area contributed by atoms with E-state index in [1.54, 1.807) is 0 Å². The summed E-state index contributed by atoms with van der Waals surface area (Å²) in [6.45, 7) is 6.27. The summed E-state index contributed by atoms with van der Waals surface area (Å²) in [6, 6.07) is 0. The van der Waals surface area contributed by atoms with E-state index in [9.17, 15) is 9.59 Å². The fraction of sp³-hybridized carbons (Fsp3) is 0.143. The topological polar surface area (TPSA) is 63.6 Å². The molecule has 60 valence electrons. The maximum atomic E-state index is 10.5. The number of ether oxygens (including phenoxy) is 1. The molecule has 0 radical (unpaired) electrons. The summed E-state index contributed by atoms with van der Waals surface area (Å²) in [5.74, 6) is -1.88. The van der Waals surface area contributed by atoms with Crippen LogP contribution in [0.3, 0.4) is 0 Å². The molecule has 0 unspecified atom stereocenters. The highest BCUT2D eigenvalue weighted by atomic mass is 16.5. The number of aliphatic carboxylic acids is 1. The van der Waals surface area contributed by atoms with Crippen LogP contribution in [0.5, 0.6) is 0 Å². The molecular weight excluding hydrogens is 148 g/mol. The Balaban J connectivity index is 3.85. The highest BCUT2D eigenvalue weighted by Crippen LogP contribution is 1.99. The molecule has 0 saturated heterocycles. The summed E-state index contributed by atoms with van der Waals surface area (Å²) in [7, 11) is 0. The monoisotopic (exact) mass is 156 g/mol. The van der Waals surface area contributed by atoms with Crippen molar-refractivity contribution >= 4 is 11.9 Å². The fourth-order valence-corrected chi connectivity index (χ4v) is 0.384. The number of carbonyl (C=O) groups excluding carboxylic acids is 1. The normalized spacial score (nSPS) is 8.36. The third-order valence-electron chi connectivity index (χ3n) is 0.875. The maximum absolute atomic E-state index is 10.5. The summed E-state index contributed by atoms with van der Waals surface area (Å²) in [5.41, 5.74) is -0.197. The number of carboxylic acid groups (broad SMARTS) is 1. The molecule has 0 aromatic heterocycles. The molecule has 0 atom stereocenters. The molecule has 1 N–H and O–H groups in total. The summed E-state index contributed by atoms with van der Waals surface area (Å²) < 4.78 is 4.26. The summed E-state index contributed by atoms with van der Waals surface area (Å²) in [5, 5.41) is 8.27. The number of esters is 1. The molecule has 11 heavy (non-hydrogen) atoms. The lowest BCUT2D eigenvalue weighted by molar-refractivity contribution is -0.140. The standard InChI is InChI=1S/C7H8O4/c1-3-11-6(8)4-5(2)7(9)10/h3H,1-2,4H2,(H,9,10). The van der Waals surface area contributed by atoms with E-state index in [2.05, 4.69) is 17.9 Å². The van der Waals surface area contributed by atoms with Crippen LogP contribution in [-0.2, 0) is 14.3 Å². The highest BCUT2D eigenvalue weighted by Gasteiger charge is 2.09. The lowest BCUT2D eigenvalue weighted by Gasteiger charge is -1.97. The molecule has 0 saturated carbocycles. The molecule has 0 aliphatic carbocycles. The van der Waals surface area contributed by atoms with Crippen LogP contribution < -0.4 is 0 Å². The number of carboxylic acids is 1. The van der Waals surface area contributed by atoms with Gasteiger partial charge in [0.15, 0.2) is 0 Å². The van der Waals surface area contributed by atoms with Crippen molar-refractivity contribution in [1.82, 2.24) is 0 Å². The number of hydrogen-bond donors (Lipinski definition) is 1. The second-order valence-corrected chi connectivity index (χ2v) is 1.74. The summed E-state index contributed by atoms with van der Waals surface area (Å²) >= 11 is 0. The van der Waals surface area contributed by atoms with Gasteiger partial charge in [-0.05, 0) is 0 Å².